The summed E-state index contributed by atoms with van der Waals surface area (Å²) in [6.07, 6.45) is 4.12. The Morgan fingerprint density at radius 2 is 2.10 bits per heavy atom. The van der Waals surface area contributed by atoms with Crippen LogP contribution in [0.5, 0.6) is 0 Å². The van der Waals surface area contributed by atoms with Crippen molar-refractivity contribution in [3.05, 3.63) is 12.2 Å². The summed E-state index contributed by atoms with van der Waals surface area (Å²) in [6.45, 7) is 4.62. The van der Waals surface area contributed by atoms with E-state index in [-0.39, 0.29) is 26.3 Å². The number of piperidine rings is 1. The molecule has 0 saturated carbocycles. The fourth-order valence-electron chi connectivity index (χ4n) is 2.50. The fourth-order valence-corrected chi connectivity index (χ4v) is 2.64. The molecule has 0 aromatic carbocycles. The Hall–Kier alpha value is -1.35. The van der Waals surface area contributed by atoms with Crippen molar-refractivity contribution >= 4 is 19.8 Å². The first-order valence-electron chi connectivity index (χ1n) is 6.92. The number of nitrogens with zero attached hydrogens (tertiary/aromatic N) is 1. The van der Waals surface area contributed by atoms with E-state index < -0.39 is 11.5 Å². The number of carbonyl (C=O) groups excluding carboxylic acids is 2. The minimum atomic E-state index is -1.28. The van der Waals surface area contributed by atoms with Gasteiger partial charge in [0.15, 0.2) is 0 Å². The Morgan fingerprint density at radius 3 is 2.57 bits per heavy atom. The minimum absolute atomic E-state index is 0.0227. The van der Waals surface area contributed by atoms with Crippen LogP contribution in [0.15, 0.2) is 12.2 Å². The van der Waals surface area contributed by atoms with Crippen molar-refractivity contribution in [1.82, 2.24) is 4.90 Å². The van der Waals surface area contributed by atoms with Crippen molar-refractivity contribution in [3.8, 4) is 5.63 Å². The molecule has 1 fully saturated rings. The van der Waals surface area contributed by atoms with Crippen LogP contribution in [0.2, 0.25) is 0 Å². The molecule has 1 heterocycles. The molecule has 0 aromatic heterocycles. The number of esters is 1. The molecule has 1 aliphatic heterocycles. The fraction of sp³-hybridized carbons (Fsp3) is 0.643. The number of amides is 1. The molecular formula is C14H21N2O4P. The summed E-state index contributed by atoms with van der Waals surface area (Å²) in [7, 11) is -0.268. The number of carbonyl (C=O) groups is 2. The third-order valence-corrected chi connectivity index (χ3v) is 3.99. The van der Waals surface area contributed by atoms with E-state index in [0.717, 1.165) is 0 Å². The van der Waals surface area contributed by atoms with Gasteiger partial charge in [-0.1, -0.05) is 0 Å². The number of likely N-dealkylation sites (tertiary alicyclic amines) is 1. The van der Waals surface area contributed by atoms with Crippen LogP contribution in [0.3, 0.4) is 0 Å². The van der Waals surface area contributed by atoms with Crippen LogP contribution in [0.4, 0.5) is 0 Å². The Balaban J connectivity index is 2.91. The average molecular weight is 312 g/mol. The zero-order valence-corrected chi connectivity index (χ0v) is 13.3. The van der Waals surface area contributed by atoms with Crippen LogP contribution >= 0.6 is 7.92 Å². The summed E-state index contributed by atoms with van der Waals surface area (Å²) < 4.78 is 15.5. The zero-order valence-electron chi connectivity index (χ0n) is 12.4. The van der Waals surface area contributed by atoms with Gasteiger partial charge in [-0.25, -0.2) is 0 Å². The van der Waals surface area contributed by atoms with Crippen LogP contribution < -0.4 is 5.73 Å². The Kier molecular flexibility index (Phi) is 6.90. The standard InChI is InChI=1S/C14H21N2O4P/c1-3-20-13(18)14(15,7-4-10-21-19)12-5-8-16(9-6-12)11(2)17/h4,7,12H,3,5-6,8-9,15H2,1-2H3. The van der Waals surface area contributed by atoms with Gasteiger partial charge in [-0.2, -0.15) is 0 Å². The number of ether oxygens (including phenoxy) is 1. The summed E-state index contributed by atoms with van der Waals surface area (Å²) >= 11 is 0. The van der Waals surface area contributed by atoms with Gasteiger partial charge in [0.05, 0.1) is 0 Å². The Bertz CT molecular complexity index is 520. The molecule has 21 heavy (non-hydrogen) atoms. The average Bonchev–Trinajstić information content (AvgIpc) is 2.47. The number of hydrogen-bond donors (Lipinski definition) is 1. The van der Waals surface area contributed by atoms with Crippen LogP contribution in [-0.4, -0.2) is 42.0 Å². The topological polar surface area (TPSA) is 89.7 Å². The zero-order chi connectivity index (χ0) is 15.9. The van der Waals surface area contributed by atoms with Crippen LogP contribution in [-0.2, 0) is 18.9 Å². The van der Waals surface area contributed by atoms with E-state index in [4.69, 9.17) is 10.5 Å². The molecule has 0 aromatic rings. The van der Waals surface area contributed by atoms with E-state index in [1.54, 1.807) is 11.8 Å². The molecule has 2 N–H and O–H groups in total. The van der Waals surface area contributed by atoms with Crippen LogP contribution in [0.1, 0.15) is 26.7 Å². The van der Waals surface area contributed by atoms with E-state index in [2.05, 4.69) is 5.63 Å². The first kappa shape index (κ1) is 17.7. The summed E-state index contributed by atoms with van der Waals surface area (Å²) in [5.74, 6) is -0.616. The summed E-state index contributed by atoms with van der Waals surface area (Å²) in [5.41, 5.74) is 7.42. The number of allylic oxidation sites excluding steroid dienone is 1. The first-order valence-corrected chi connectivity index (χ1v) is 7.74. The molecular weight excluding hydrogens is 291 g/mol. The predicted octanol–water partition coefficient (Wildman–Crippen LogP) is 1.31. The molecule has 7 heteroatoms. The molecule has 1 unspecified atom stereocenters. The van der Waals surface area contributed by atoms with E-state index in [9.17, 15) is 14.2 Å². The van der Waals surface area contributed by atoms with Gasteiger partial charge < -0.3 is 0 Å². The van der Waals surface area contributed by atoms with Gasteiger partial charge in [0.25, 0.3) is 0 Å². The number of nitrogens with two attached hydrogens (primary N) is 1. The molecule has 1 amide bonds. The van der Waals surface area contributed by atoms with Crippen LogP contribution in [0, 0.1) is 11.5 Å². The molecule has 116 valence electrons. The predicted molar refractivity (Wildman–Crippen MR) is 79.2 cm³/mol. The second kappa shape index (κ2) is 8.18. The van der Waals surface area contributed by atoms with Crippen molar-refractivity contribution < 1.29 is 18.9 Å². The van der Waals surface area contributed by atoms with Crippen LogP contribution in [0.25, 0.3) is 0 Å². The second-order valence-electron chi connectivity index (χ2n) is 4.99. The van der Waals surface area contributed by atoms with Gasteiger partial charge in [0.1, 0.15) is 0 Å². The maximum absolute atomic E-state index is 12.2. The molecule has 0 bridgehead atoms. The molecule has 6 nitrogen and oxygen atoms in total. The van der Waals surface area contributed by atoms with Crippen molar-refractivity contribution in [3.63, 3.8) is 0 Å². The van der Waals surface area contributed by atoms with Gasteiger partial charge in [-0.3, -0.25) is 0 Å². The molecule has 1 rings (SSSR count). The Morgan fingerprint density at radius 1 is 1.48 bits per heavy atom. The summed E-state index contributed by atoms with van der Waals surface area (Å²) in [6, 6.07) is 0. The van der Waals surface area contributed by atoms with Crippen molar-refractivity contribution in [2.75, 3.05) is 19.7 Å². The number of rotatable bonds is 4. The van der Waals surface area contributed by atoms with E-state index in [1.807, 2.05) is 0 Å². The van der Waals surface area contributed by atoms with Gasteiger partial charge in [0, 0.05) is 0 Å². The van der Waals surface area contributed by atoms with Gasteiger partial charge >= 0.3 is 125 Å². The van der Waals surface area contributed by atoms with Gasteiger partial charge in [-0.15, -0.1) is 0 Å². The van der Waals surface area contributed by atoms with Crippen molar-refractivity contribution in [1.29, 1.82) is 0 Å². The molecule has 0 aliphatic carbocycles. The van der Waals surface area contributed by atoms with E-state index >= 15 is 0 Å². The molecule has 1 saturated heterocycles. The van der Waals surface area contributed by atoms with Crippen molar-refractivity contribution in [2.24, 2.45) is 11.7 Å². The quantitative estimate of drug-likeness (QED) is 0.624. The number of hydrogen-bond acceptors (Lipinski definition) is 5. The Labute approximate surface area is 125 Å². The third kappa shape index (κ3) is 4.57. The maximum atomic E-state index is 12.2. The normalized spacial score (nSPS) is 18.9. The summed E-state index contributed by atoms with van der Waals surface area (Å²) in [5, 5.41) is 0. The van der Waals surface area contributed by atoms with Gasteiger partial charge in [-0.05, 0) is 0 Å². The molecule has 0 radical (unpaired) electrons. The SMILES string of the molecule is CCOC(=O)C(N)(C=CC#P=O)C1CCN(C(C)=O)CC1. The van der Waals surface area contributed by atoms with Gasteiger partial charge in [0.2, 0.25) is 0 Å². The third-order valence-electron chi connectivity index (χ3n) is 3.73. The first-order chi connectivity index (χ1) is 9.95. The summed E-state index contributed by atoms with van der Waals surface area (Å²) in [4.78, 5) is 25.3. The molecule has 0 spiro atoms. The molecule has 1 aliphatic rings. The van der Waals surface area contributed by atoms with Crippen molar-refractivity contribution in [2.45, 2.75) is 32.2 Å². The second-order valence-corrected chi connectivity index (χ2v) is 5.43. The monoisotopic (exact) mass is 312 g/mol. The van der Waals surface area contributed by atoms with E-state index in [1.165, 1.54) is 19.1 Å². The molecule has 1 atom stereocenters. The van der Waals surface area contributed by atoms with E-state index in [0.29, 0.717) is 25.9 Å².